The Morgan fingerprint density at radius 2 is 2.00 bits per heavy atom. The monoisotopic (exact) mass is 394 g/mol. The summed E-state index contributed by atoms with van der Waals surface area (Å²) < 4.78 is 18.3. The topological polar surface area (TPSA) is 89.7 Å². The number of halogens is 2. The van der Waals surface area contributed by atoms with Crippen molar-refractivity contribution in [2.75, 3.05) is 7.05 Å². The molecule has 0 unspecified atom stereocenters. The highest BCUT2D eigenvalue weighted by Crippen LogP contribution is 2.25. The Labute approximate surface area is 159 Å². The van der Waals surface area contributed by atoms with Gasteiger partial charge in [-0.25, -0.2) is 9.18 Å². The zero-order valence-corrected chi connectivity index (χ0v) is 15.3. The number of nitro benzene ring substituents is 1. The van der Waals surface area contributed by atoms with Gasteiger partial charge in [0, 0.05) is 19.7 Å². The Kier molecular flexibility index (Phi) is 6.46. The molecule has 0 saturated heterocycles. The summed E-state index contributed by atoms with van der Waals surface area (Å²) in [7, 11) is 1.49. The lowest BCUT2D eigenvalue weighted by Crippen LogP contribution is -2.37. The fourth-order valence-electron chi connectivity index (χ4n) is 2.36. The van der Waals surface area contributed by atoms with Gasteiger partial charge in [0.2, 0.25) is 0 Å². The van der Waals surface area contributed by atoms with Crippen molar-refractivity contribution in [2.45, 2.75) is 19.6 Å². The average molecular weight is 395 g/mol. The Morgan fingerprint density at radius 1 is 1.30 bits per heavy atom. The van der Waals surface area contributed by atoms with Crippen LogP contribution in [0, 0.1) is 15.9 Å². The van der Waals surface area contributed by atoms with Crippen LogP contribution in [0.1, 0.15) is 22.8 Å². The lowest BCUT2D eigenvalue weighted by Gasteiger charge is -2.21. The van der Waals surface area contributed by atoms with Crippen LogP contribution in [0.5, 0.6) is 0 Å². The SMILES string of the molecule is C[C@@H](OC(=O)c1ccc(Cl)c([N+](=O)[O-])c1)C(=O)N(C)Cc1cccc(F)c1. The highest BCUT2D eigenvalue weighted by Gasteiger charge is 2.24. The summed E-state index contributed by atoms with van der Waals surface area (Å²) in [6.07, 6.45) is -1.13. The zero-order chi connectivity index (χ0) is 20.1. The first-order valence-corrected chi connectivity index (χ1v) is 8.21. The second-order valence-electron chi connectivity index (χ2n) is 5.80. The third-order valence-corrected chi connectivity index (χ3v) is 4.01. The third-order valence-electron chi connectivity index (χ3n) is 3.70. The second-order valence-corrected chi connectivity index (χ2v) is 6.20. The number of nitro groups is 1. The third kappa shape index (κ3) is 5.24. The van der Waals surface area contributed by atoms with E-state index in [9.17, 15) is 24.1 Å². The Bertz CT molecular complexity index is 890. The Balaban J connectivity index is 2.04. The molecule has 1 amide bonds. The molecule has 0 aliphatic heterocycles. The quantitative estimate of drug-likeness (QED) is 0.424. The van der Waals surface area contributed by atoms with Crippen LogP contribution in [-0.2, 0) is 16.1 Å². The van der Waals surface area contributed by atoms with Crippen LogP contribution in [-0.4, -0.2) is 34.9 Å². The van der Waals surface area contributed by atoms with Gasteiger partial charge in [-0.05, 0) is 36.8 Å². The van der Waals surface area contributed by atoms with Crippen molar-refractivity contribution in [3.05, 3.63) is 74.5 Å². The maximum atomic E-state index is 13.2. The summed E-state index contributed by atoms with van der Waals surface area (Å²) in [5, 5.41) is 10.8. The van der Waals surface area contributed by atoms with E-state index in [-0.39, 0.29) is 17.1 Å². The molecule has 0 aliphatic carbocycles. The first kappa shape index (κ1) is 20.3. The lowest BCUT2D eigenvalue weighted by atomic mass is 10.2. The standard InChI is InChI=1S/C18H16ClFN2O5/c1-11(17(23)21(2)10-12-4-3-5-14(20)8-12)27-18(24)13-6-7-15(19)16(9-13)22(25)26/h3-9,11H,10H2,1-2H3/t11-/m1/s1. The van der Waals surface area contributed by atoms with Gasteiger partial charge in [-0.1, -0.05) is 23.7 Å². The summed E-state index contributed by atoms with van der Waals surface area (Å²) in [5.74, 6) is -1.82. The number of rotatable bonds is 6. The molecule has 0 radical (unpaired) electrons. The van der Waals surface area contributed by atoms with Crippen LogP contribution in [0.2, 0.25) is 5.02 Å². The molecule has 2 aromatic carbocycles. The van der Waals surface area contributed by atoms with E-state index in [0.29, 0.717) is 5.56 Å². The molecular formula is C18H16ClFN2O5. The molecule has 0 spiro atoms. The van der Waals surface area contributed by atoms with Gasteiger partial charge >= 0.3 is 5.97 Å². The molecule has 0 bridgehead atoms. The minimum Gasteiger partial charge on any atom is -0.449 e. The smallest absolute Gasteiger partial charge is 0.339 e. The number of amides is 1. The van der Waals surface area contributed by atoms with Gasteiger partial charge in [-0.3, -0.25) is 14.9 Å². The van der Waals surface area contributed by atoms with Gasteiger partial charge in [-0.2, -0.15) is 0 Å². The molecule has 27 heavy (non-hydrogen) atoms. The van der Waals surface area contributed by atoms with Crippen molar-refractivity contribution >= 4 is 29.2 Å². The molecule has 0 N–H and O–H groups in total. The van der Waals surface area contributed by atoms with E-state index in [1.54, 1.807) is 6.07 Å². The highest BCUT2D eigenvalue weighted by molar-refractivity contribution is 6.32. The van der Waals surface area contributed by atoms with Crippen LogP contribution >= 0.6 is 11.6 Å². The van der Waals surface area contributed by atoms with Crippen LogP contribution in [0.3, 0.4) is 0 Å². The molecule has 0 aliphatic rings. The van der Waals surface area contributed by atoms with E-state index in [2.05, 4.69) is 0 Å². The van der Waals surface area contributed by atoms with Crippen molar-refractivity contribution in [3.63, 3.8) is 0 Å². The number of hydrogen-bond acceptors (Lipinski definition) is 5. The maximum absolute atomic E-state index is 13.2. The molecule has 0 heterocycles. The largest absolute Gasteiger partial charge is 0.449 e. The minimum absolute atomic E-state index is 0.0986. The van der Waals surface area contributed by atoms with Crippen molar-refractivity contribution in [1.29, 1.82) is 0 Å². The highest BCUT2D eigenvalue weighted by atomic mass is 35.5. The number of carbonyl (C=O) groups excluding carboxylic acids is 2. The summed E-state index contributed by atoms with van der Waals surface area (Å²) >= 11 is 5.70. The van der Waals surface area contributed by atoms with E-state index >= 15 is 0 Å². The molecule has 2 rings (SSSR count). The van der Waals surface area contributed by atoms with Gasteiger partial charge in [-0.15, -0.1) is 0 Å². The van der Waals surface area contributed by atoms with Crippen LogP contribution in [0.15, 0.2) is 42.5 Å². The number of ether oxygens (including phenoxy) is 1. The number of benzene rings is 2. The van der Waals surface area contributed by atoms with Crippen molar-refractivity contribution in [3.8, 4) is 0 Å². The second kappa shape index (κ2) is 8.59. The van der Waals surface area contributed by atoms with Gasteiger partial charge in [0.05, 0.1) is 10.5 Å². The van der Waals surface area contributed by atoms with E-state index in [1.165, 1.54) is 49.2 Å². The number of carbonyl (C=O) groups is 2. The minimum atomic E-state index is -1.13. The lowest BCUT2D eigenvalue weighted by molar-refractivity contribution is -0.384. The number of esters is 1. The van der Waals surface area contributed by atoms with Crippen molar-refractivity contribution < 1.29 is 23.6 Å². The molecule has 0 fully saturated rings. The maximum Gasteiger partial charge on any atom is 0.339 e. The van der Waals surface area contributed by atoms with Gasteiger partial charge in [0.1, 0.15) is 10.8 Å². The average Bonchev–Trinajstić information content (AvgIpc) is 2.60. The van der Waals surface area contributed by atoms with Gasteiger partial charge in [0.25, 0.3) is 11.6 Å². The molecule has 0 saturated carbocycles. The Morgan fingerprint density at radius 3 is 2.63 bits per heavy atom. The van der Waals surface area contributed by atoms with Gasteiger partial charge < -0.3 is 9.64 Å². The van der Waals surface area contributed by atoms with E-state index in [1.807, 2.05) is 0 Å². The molecule has 1 atom stereocenters. The first-order valence-electron chi connectivity index (χ1n) is 7.83. The molecule has 7 nitrogen and oxygen atoms in total. The fourth-order valence-corrected chi connectivity index (χ4v) is 2.54. The van der Waals surface area contributed by atoms with Crippen LogP contribution < -0.4 is 0 Å². The molecule has 142 valence electrons. The molecule has 0 aromatic heterocycles. The fraction of sp³-hybridized carbons (Fsp3) is 0.222. The van der Waals surface area contributed by atoms with Crippen LogP contribution in [0.25, 0.3) is 0 Å². The van der Waals surface area contributed by atoms with E-state index in [0.717, 1.165) is 6.07 Å². The van der Waals surface area contributed by atoms with Crippen molar-refractivity contribution in [2.24, 2.45) is 0 Å². The van der Waals surface area contributed by atoms with Crippen LogP contribution in [0.4, 0.5) is 10.1 Å². The summed E-state index contributed by atoms with van der Waals surface area (Å²) in [4.78, 5) is 36.0. The van der Waals surface area contributed by atoms with Crippen molar-refractivity contribution in [1.82, 2.24) is 4.90 Å². The molecule has 9 heteroatoms. The molecule has 2 aromatic rings. The number of likely N-dealkylation sites (N-methyl/N-ethyl adjacent to an activating group) is 1. The number of nitrogens with zero attached hydrogens (tertiary/aromatic N) is 2. The van der Waals surface area contributed by atoms with E-state index < -0.39 is 34.4 Å². The zero-order valence-electron chi connectivity index (χ0n) is 14.5. The predicted octanol–water partition coefficient (Wildman–Crippen LogP) is 3.59. The molecular weight excluding hydrogens is 379 g/mol. The number of hydrogen-bond donors (Lipinski definition) is 0. The van der Waals surface area contributed by atoms with Gasteiger partial charge in [0.15, 0.2) is 6.10 Å². The summed E-state index contributed by atoms with van der Waals surface area (Å²) in [5.41, 5.74) is 0.0459. The first-order chi connectivity index (χ1) is 12.7. The summed E-state index contributed by atoms with van der Waals surface area (Å²) in [6, 6.07) is 9.24. The Hall–Kier alpha value is -3.00. The summed E-state index contributed by atoms with van der Waals surface area (Å²) in [6.45, 7) is 1.51. The van der Waals surface area contributed by atoms with E-state index in [4.69, 9.17) is 16.3 Å². The normalized spacial score (nSPS) is 11.6. The predicted molar refractivity (Wildman–Crippen MR) is 95.9 cm³/mol.